The van der Waals surface area contributed by atoms with Gasteiger partial charge in [-0.1, -0.05) is 20.3 Å². The summed E-state index contributed by atoms with van der Waals surface area (Å²) in [4.78, 5) is 8.33. The van der Waals surface area contributed by atoms with E-state index in [9.17, 15) is 0 Å². The molecule has 18 heavy (non-hydrogen) atoms. The summed E-state index contributed by atoms with van der Waals surface area (Å²) in [6.07, 6.45) is 4.13. The van der Waals surface area contributed by atoms with Crippen molar-refractivity contribution in [3.05, 3.63) is 11.9 Å². The normalized spacial score (nSPS) is 12.2. The van der Waals surface area contributed by atoms with E-state index >= 15 is 0 Å². The van der Waals surface area contributed by atoms with Gasteiger partial charge >= 0.3 is 0 Å². The van der Waals surface area contributed by atoms with E-state index in [1.807, 2.05) is 6.92 Å². The molecule has 5 N–H and O–H groups in total. The van der Waals surface area contributed by atoms with Crippen LogP contribution in [0.4, 0.5) is 11.6 Å². The van der Waals surface area contributed by atoms with Crippen molar-refractivity contribution in [3.8, 4) is 0 Å². The van der Waals surface area contributed by atoms with Crippen molar-refractivity contribution >= 4 is 11.6 Å². The molecule has 1 atom stereocenters. The van der Waals surface area contributed by atoms with Crippen LogP contribution in [0.25, 0.3) is 0 Å². The molecule has 0 radical (unpaired) electrons. The summed E-state index contributed by atoms with van der Waals surface area (Å²) in [5, 5.41) is 12.3. The molecule has 102 valence electrons. The zero-order valence-electron chi connectivity index (χ0n) is 11.1. The maximum Gasteiger partial charge on any atom is 0.148 e. The predicted octanol–water partition coefficient (Wildman–Crippen LogP) is 1.15. The molecule has 1 aromatic rings. The van der Waals surface area contributed by atoms with Crippen molar-refractivity contribution in [3.63, 3.8) is 0 Å². The van der Waals surface area contributed by atoms with Crippen molar-refractivity contribution in [1.82, 2.24) is 9.97 Å². The highest BCUT2D eigenvalue weighted by molar-refractivity contribution is 5.56. The van der Waals surface area contributed by atoms with Crippen molar-refractivity contribution in [2.45, 2.75) is 33.1 Å². The third kappa shape index (κ3) is 3.82. The molecule has 0 spiro atoms. The number of aromatic nitrogens is 2. The van der Waals surface area contributed by atoms with E-state index in [-0.39, 0.29) is 6.61 Å². The number of nitrogens with one attached hydrogen (secondary N) is 2. The quantitative estimate of drug-likeness (QED) is 0.410. The Morgan fingerprint density at radius 3 is 2.61 bits per heavy atom. The Hall–Kier alpha value is -1.40. The van der Waals surface area contributed by atoms with Gasteiger partial charge < -0.3 is 15.8 Å². The number of rotatable bonds is 8. The predicted molar refractivity (Wildman–Crippen MR) is 73.2 cm³/mol. The molecule has 6 nitrogen and oxygen atoms in total. The van der Waals surface area contributed by atoms with Gasteiger partial charge in [-0.3, -0.25) is 0 Å². The lowest BCUT2D eigenvalue weighted by atomic mass is 10.0. The number of aliphatic hydroxyl groups is 1. The lowest BCUT2D eigenvalue weighted by molar-refractivity contribution is 0.258. The number of hydrogen-bond donors (Lipinski definition) is 4. The molecule has 0 bridgehead atoms. The van der Waals surface area contributed by atoms with E-state index in [2.05, 4.69) is 27.6 Å². The lowest BCUT2D eigenvalue weighted by Gasteiger charge is -2.17. The summed E-state index contributed by atoms with van der Waals surface area (Å²) in [5.74, 6) is 7.35. The summed E-state index contributed by atoms with van der Waals surface area (Å²) in [5.41, 5.74) is 3.57. The van der Waals surface area contributed by atoms with E-state index in [0.717, 1.165) is 37.2 Å². The third-order valence-corrected chi connectivity index (χ3v) is 3.11. The molecule has 0 aromatic carbocycles. The van der Waals surface area contributed by atoms with Crippen molar-refractivity contribution < 1.29 is 5.11 Å². The molecular weight excluding hydrogens is 230 g/mol. The summed E-state index contributed by atoms with van der Waals surface area (Å²) in [6.45, 7) is 5.18. The average Bonchev–Trinajstić information content (AvgIpc) is 2.42. The molecule has 6 heteroatoms. The summed E-state index contributed by atoms with van der Waals surface area (Å²) in [6, 6.07) is 0. The Labute approximate surface area is 108 Å². The first-order valence-corrected chi connectivity index (χ1v) is 6.41. The number of nitrogens with two attached hydrogens (primary N) is 1. The van der Waals surface area contributed by atoms with Crippen molar-refractivity contribution in [2.75, 3.05) is 23.9 Å². The van der Waals surface area contributed by atoms with Gasteiger partial charge in [-0.05, 0) is 18.8 Å². The van der Waals surface area contributed by atoms with E-state index in [1.165, 1.54) is 6.33 Å². The number of anilines is 2. The van der Waals surface area contributed by atoms with Crippen LogP contribution in [0.2, 0.25) is 0 Å². The largest absolute Gasteiger partial charge is 0.396 e. The highest BCUT2D eigenvalue weighted by Crippen LogP contribution is 2.20. The van der Waals surface area contributed by atoms with Crippen LogP contribution in [0.1, 0.15) is 32.3 Å². The fourth-order valence-electron chi connectivity index (χ4n) is 1.90. The van der Waals surface area contributed by atoms with Gasteiger partial charge in [0, 0.05) is 18.7 Å². The molecule has 1 heterocycles. The van der Waals surface area contributed by atoms with Gasteiger partial charge in [0.25, 0.3) is 0 Å². The van der Waals surface area contributed by atoms with Crippen LogP contribution >= 0.6 is 0 Å². The molecule has 0 aliphatic carbocycles. The molecule has 0 aliphatic heterocycles. The lowest BCUT2D eigenvalue weighted by Crippen LogP contribution is -2.18. The number of aliphatic hydroxyl groups excluding tert-OH is 1. The minimum atomic E-state index is 0.222. The fourth-order valence-corrected chi connectivity index (χ4v) is 1.90. The number of hydrazine groups is 1. The second-order valence-electron chi connectivity index (χ2n) is 4.21. The maximum atomic E-state index is 8.97. The zero-order chi connectivity index (χ0) is 13.4. The average molecular weight is 253 g/mol. The highest BCUT2D eigenvalue weighted by Gasteiger charge is 2.11. The Morgan fingerprint density at radius 1 is 1.33 bits per heavy atom. The molecule has 0 saturated carbocycles. The van der Waals surface area contributed by atoms with Crippen molar-refractivity contribution in [2.24, 2.45) is 11.8 Å². The topological polar surface area (TPSA) is 96.1 Å². The summed E-state index contributed by atoms with van der Waals surface area (Å²) < 4.78 is 0. The van der Waals surface area contributed by atoms with E-state index in [4.69, 9.17) is 10.9 Å². The maximum absolute atomic E-state index is 8.97. The van der Waals surface area contributed by atoms with E-state index < -0.39 is 0 Å². The standard InChI is InChI=1S/C12H23N5O/c1-3-9(5-6-18)7-14-11-10(4-2)12(17-13)16-8-15-11/h8-9,18H,3-7,13H2,1-2H3,(H2,14,15,16,17). The Kier molecular flexibility index (Phi) is 6.38. The molecule has 0 aliphatic rings. The minimum Gasteiger partial charge on any atom is -0.396 e. The van der Waals surface area contributed by atoms with E-state index in [0.29, 0.717) is 11.7 Å². The second-order valence-corrected chi connectivity index (χ2v) is 4.21. The number of hydrogen-bond acceptors (Lipinski definition) is 6. The smallest absolute Gasteiger partial charge is 0.148 e. The first kappa shape index (κ1) is 14.7. The van der Waals surface area contributed by atoms with Gasteiger partial charge in [-0.15, -0.1) is 0 Å². The minimum absolute atomic E-state index is 0.222. The van der Waals surface area contributed by atoms with Gasteiger partial charge in [-0.25, -0.2) is 15.8 Å². The Bertz CT molecular complexity index is 358. The van der Waals surface area contributed by atoms with E-state index in [1.54, 1.807) is 0 Å². The van der Waals surface area contributed by atoms with Crippen LogP contribution in [0, 0.1) is 5.92 Å². The molecule has 1 unspecified atom stereocenters. The molecule has 1 aromatic heterocycles. The monoisotopic (exact) mass is 253 g/mol. The van der Waals surface area contributed by atoms with Gasteiger partial charge in [-0.2, -0.15) is 0 Å². The zero-order valence-corrected chi connectivity index (χ0v) is 11.1. The van der Waals surface area contributed by atoms with Gasteiger partial charge in [0.05, 0.1) is 0 Å². The van der Waals surface area contributed by atoms with Gasteiger partial charge in [0.2, 0.25) is 0 Å². The van der Waals surface area contributed by atoms with Crippen LogP contribution in [0.3, 0.4) is 0 Å². The van der Waals surface area contributed by atoms with Crippen molar-refractivity contribution in [1.29, 1.82) is 0 Å². The van der Waals surface area contributed by atoms with Gasteiger partial charge in [0.1, 0.15) is 18.0 Å². The summed E-state index contributed by atoms with van der Waals surface area (Å²) >= 11 is 0. The highest BCUT2D eigenvalue weighted by atomic mass is 16.3. The SMILES string of the molecule is CCc1c(NN)ncnc1NCC(CC)CCO. The molecular formula is C12H23N5O. The first-order chi connectivity index (χ1) is 8.76. The number of nitrogen functional groups attached to an aromatic ring is 1. The third-order valence-electron chi connectivity index (χ3n) is 3.11. The molecule has 0 saturated heterocycles. The fraction of sp³-hybridized carbons (Fsp3) is 0.667. The summed E-state index contributed by atoms with van der Waals surface area (Å²) in [7, 11) is 0. The second kappa shape index (κ2) is 7.84. The van der Waals surface area contributed by atoms with Crippen LogP contribution < -0.4 is 16.6 Å². The van der Waals surface area contributed by atoms with Crippen LogP contribution in [-0.2, 0) is 6.42 Å². The Balaban J connectivity index is 2.71. The molecule has 0 amide bonds. The van der Waals surface area contributed by atoms with Crippen LogP contribution in [0.5, 0.6) is 0 Å². The first-order valence-electron chi connectivity index (χ1n) is 6.41. The van der Waals surface area contributed by atoms with Crippen LogP contribution in [-0.4, -0.2) is 28.2 Å². The van der Waals surface area contributed by atoms with Crippen LogP contribution in [0.15, 0.2) is 6.33 Å². The number of nitrogens with zero attached hydrogens (tertiary/aromatic N) is 2. The molecule has 1 rings (SSSR count). The molecule has 0 fully saturated rings. The Morgan fingerprint density at radius 2 is 2.06 bits per heavy atom. The van der Waals surface area contributed by atoms with Gasteiger partial charge in [0.15, 0.2) is 0 Å².